The number of hydrogen-bond acceptors (Lipinski definition) is 6. The molecule has 0 amide bonds. The number of ether oxygens (including phenoxy) is 2. The molecule has 0 fully saturated rings. The lowest BCUT2D eigenvalue weighted by Gasteiger charge is -2.24. The van der Waals surface area contributed by atoms with Gasteiger partial charge in [-0.1, -0.05) is 162 Å². The second kappa shape index (κ2) is 34.2. The lowest BCUT2D eigenvalue weighted by molar-refractivity contribution is -0.870. The van der Waals surface area contributed by atoms with Crippen molar-refractivity contribution < 1.29 is 37.3 Å². The van der Waals surface area contributed by atoms with Crippen molar-refractivity contribution in [3.8, 4) is 0 Å². The topological polar surface area (TPSA) is 91.3 Å². The van der Waals surface area contributed by atoms with Gasteiger partial charge in [-0.15, -0.1) is 0 Å². The van der Waals surface area contributed by atoms with Gasteiger partial charge >= 0.3 is 13.8 Å². The average molecular weight is 719 g/mol. The first kappa shape index (κ1) is 48.1. The minimum absolute atomic E-state index is 0.0537. The number of rotatable bonds is 38. The summed E-state index contributed by atoms with van der Waals surface area (Å²) in [6, 6.07) is 0. The summed E-state index contributed by atoms with van der Waals surface area (Å²) in [5.74, 6) is -0.334. The summed E-state index contributed by atoms with van der Waals surface area (Å²) in [4.78, 5) is 22.8. The second-order valence-corrected chi connectivity index (χ2v) is 16.6. The van der Waals surface area contributed by atoms with Crippen molar-refractivity contribution in [2.45, 2.75) is 193 Å². The summed E-state index contributed by atoms with van der Waals surface area (Å²) < 4.78 is 34.7. The second-order valence-electron chi connectivity index (χ2n) is 15.1. The smallest absolute Gasteiger partial charge is 0.472 e. The monoisotopic (exact) mass is 719 g/mol. The maximum Gasteiger partial charge on any atom is 0.472 e. The van der Waals surface area contributed by atoms with E-state index in [0.717, 1.165) is 32.1 Å². The molecule has 9 heteroatoms. The molecule has 0 aliphatic rings. The summed E-state index contributed by atoms with van der Waals surface area (Å²) in [6.45, 7) is 4.94. The van der Waals surface area contributed by atoms with Crippen LogP contribution in [0.3, 0.4) is 0 Å². The zero-order valence-corrected chi connectivity index (χ0v) is 33.8. The van der Waals surface area contributed by atoms with Gasteiger partial charge in [0.1, 0.15) is 19.8 Å². The fourth-order valence-electron chi connectivity index (χ4n) is 5.69. The van der Waals surface area contributed by atoms with Crippen LogP contribution in [0.4, 0.5) is 0 Å². The number of allylic oxidation sites excluding steroid dienone is 1. The molecule has 2 unspecified atom stereocenters. The van der Waals surface area contributed by atoms with Gasteiger partial charge in [0, 0.05) is 6.42 Å². The molecule has 0 bridgehead atoms. The van der Waals surface area contributed by atoms with E-state index in [4.69, 9.17) is 18.5 Å². The minimum Gasteiger partial charge on any atom is -0.498 e. The molecular weight excluding hydrogens is 637 g/mol. The summed E-state index contributed by atoms with van der Waals surface area (Å²) in [6.07, 6.45) is 36.1. The molecule has 0 aromatic rings. The number of likely N-dealkylation sites (N-methyl/N-ethyl adjacent to an activating group) is 1. The molecular formula is C40H81NO7P+. The number of carbonyl (C=O) groups is 1. The van der Waals surface area contributed by atoms with Crippen molar-refractivity contribution in [2.75, 3.05) is 47.5 Å². The van der Waals surface area contributed by atoms with Crippen molar-refractivity contribution in [1.82, 2.24) is 0 Å². The van der Waals surface area contributed by atoms with E-state index >= 15 is 0 Å². The highest BCUT2D eigenvalue weighted by Gasteiger charge is 2.26. The third-order valence-corrected chi connectivity index (χ3v) is 9.91. The highest BCUT2D eigenvalue weighted by atomic mass is 31.2. The van der Waals surface area contributed by atoms with E-state index in [1.165, 1.54) is 135 Å². The maximum absolute atomic E-state index is 12.6. The van der Waals surface area contributed by atoms with Crippen LogP contribution in [0, 0.1) is 0 Å². The van der Waals surface area contributed by atoms with Gasteiger partial charge in [-0.3, -0.25) is 13.8 Å². The molecule has 49 heavy (non-hydrogen) atoms. The standard InChI is InChI=1S/C40H80NO7P/c1-6-8-10-12-14-16-18-20-22-24-26-28-30-32-35-45-37-39(38-47-49(43,44)46-36-34-41(3,4)5)48-40(42)33-31-29-27-25-23-21-19-17-15-13-11-9-7-2/h32,35,39H,6-31,33-34,36-38H2,1-5H3/p+1/b35-32+. The Bertz CT molecular complexity index is 802. The number of phosphoric ester groups is 1. The normalized spacial score (nSPS) is 13.9. The molecule has 0 aliphatic carbocycles. The maximum atomic E-state index is 12.6. The van der Waals surface area contributed by atoms with Gasteiger partial charge in [-0.05, 0) is 25.3 Å². The molecule has 0 aromatic heterocycles. The Hall–Kier alpha value is -0.920. The lowest BCUT2D eigenvalue weighted by atomic mass is 10.0. The minimum atomic E-state index is -4.28. The molecule has 2 atom stereocenters. The Morgan fingerprint density at radius 2 is 1.06 bits per heavy atom. The van der Waals surface area contributed by atoms with Crippen LogP contribution in [0.1, 0.15) is 187 Å². The number of esters is 1. The van der Waals surface area contributed by atoms with Crippen LogP contribution in [-0.4, -0.2) is 69.0 Å². The van der Waals surface area contributed by atoms with Crippen LogP contribution in [0.15, 0.2) is 12.3 Å². The number of quaternary nitrogens is 1. The molecule has 0 spiro atoms. The van der Waals surface area contributed by atoms with Gasteiger partial charge in [0.05, 0.1) is 34.0 Å². The number of unbranched alkanes of at least 4 members (excludes halogenated alkanes) is 24. The van der Waals surface area contributed by atoms with Crippen molar-refractivity contribution in [3.63, 3.8) is 0 Å². The fraction of sp³-hybridized carbons (Fsp3) is 0.925. The van der Waals surface area contributed by atoms with Crippen LogP contribution in [0.5, 0.6) is 0 Å². The molecule has 0 saturated carbocycles. The molecule has 0 aliphatic heterocycles. The van der Waals surface area contributed by atoms with Gasteiger partial charge in [-0.2, -0.15) is 0 Å². The summed E-state index contributed by atoms with van der Waals surface area (Å²) in [7, 11) is 1.65. The third kappa shape index (κ3) is 38.1. The predicted octanol–water partition coefficient (Wildman–Crippen LogP) is 11.8. The molecule has 8 nitrogen and oxygen atoms in total. The largest absolute Gasteiger partial charge is 0.498 e. The Morgan fingerprint density at radius 1 is 0.633 bits per heavy atom. The molecule has 0 rings (SSSR count). The summed E-state index contributed by atoms with van der Waals surface area (Å²) in [5, 5.41) is 0. The van der Waals surface area contributed by atoms with Crippen LogP contribution in [0.2, 0.25) is 0 Å². The first-order valence-corrected chi connectivity index (χ1v) is 22.0. The first-order valence-electron chi connectivity index (χ1n) is 20.5. The van der Waals surface area contributed by atoms with Crippen molar-refractivity contribution in [2.24, 2.45) is 0 Å². The van der Waals surface area contributed by atoms with Crippen LogP contribution < -0.4 is 0 Å². The Labute approximate surface area is 303 Å². The molecule has 1 N–H and O–H groups in total. The van der Waals surface area contributed by atoms with Crippen LogP contribution >= 0.6 is 7.82 Å². The average Bonchev–Trinajstić information content (AvgIpc) is 3.04. The number of hydrogen-bond donors (Lipinski definition) is 1. The van der Waals surface area contributed by atoms with E-state index in [-0.39, 0.29) is 25.8 Å². The van der Waals surface area contributed by atoms with Crippen LogP contribution in [0.25, 0.3) is 0 Å². The zero-order chi connectivity index (χ0) is 36.3. The number of nitrogens with zero attached hydrogens (tertiary/aromatic N) is 1. The van der Waals surface area contributed by atoms with E-state index in [0.29, 0.717) is 17.4 Å². The molecule has 0 heterocycles. The highest BCUT2D eigenvalue weighted by Crippen LogP contribution is 2.43. The number of carbonyl (C=O) groups excluding carboxylic acids is 1. The molecule has 0 saturated heterocycles. The lowest BCUT2D eigenvalue weighted by Crippen LogP contribution is -2.37. The van der Waals surface area contributed by atoms with Gasteiger partial charge in [-0.25, -0.2) is 4.57 Å². The summed E-state index contributed by atoms with van der Waals surface area (Å²) >= 11 is 0. The van der Waals surface area contributed by atoms with Gasteiger partial charge in [0.15, 0.2) is 6.10 Å². The zero-order valence-electron chi connectivity index (χ0n) is 32.9. The van der Waals surface area contributed by atoms with Gasteiger partial charge in [0.2, 0.25) is 0 Å². The number of phosphoric acid groups is 1. The van der Waals surface area contributed by atoms with E-state index in [1.807, 2.05) is 27.2 Å². The van der Waals surface area contributed by atoms with E-state index in [1.54, 1.807) is 6.26 Å². The first-order chi connectivity index (χ1) is 23.6. The van der Waals surface area contributed by atoms with Crippen molar-refractivity contribution in [1.29, 1.82) is 0 Å². The SMILES string of the molecule is CCCCCCCCCCCCCC/C=C/OCC(COP(=O)(O)OCC[N+](C)(C)C)OC(=O)CCCCCCCCCCCCCCC. The van der Waals surface area contributed by atoms with Crippen molar-refractivity contribution in [3.05, 3.63) is 12.3 Å². The quantitative estimate of drug-likeness (QED) is 0.0223. The van der Waals surface area contributed by atoms with E-state index in [2.05, 4.69) is 13.8 Å². The summed E-state index contributed by atoms with van der Waals surface area (Å²) in [5.41, 5.74) is 0. The van der Waals surface area contributed by atoms with E-state index < -0.39 is 13.9 Å². The third-order valence-electron chi connectivity index (χ3n) is 8.92. The van der Waals surface area contributed by atoms with E-state index in [9.17, 15) is 14.3 Å². The van der Waals surface area contributed by atoms with Gasteiger partial charge in [0.25, 0.3) is 0 Å². The predicted molar refractivity (Wildman–Crippen MR) is 206 cm³/mol. The fourth-order valence-corrected chi connectivity index (χ4v) is 6.44. The van der Waals surface area contributed by atoms with Gasteiger partial charge < -0.3 is 18.9 Å². The molecule has 0 aromatic carbocycles. The van der Waals surface area contributed by atoms with Crippen molar-refractivity contribution >= 4 is 13.8 Å². The highest BCUT2D eigenvalue weighted by molar-refractivity contribution is 7.47. The molecule has 292 valence electrons. The Balaban J connectivity index is 4.31. The Kier molecular flexibility index (Phi) is 33.5. The Morgan fingerprint density at radius 3 is 1.51 bits per heavy atom. The molecule has 0 radical (unpaired) electrons. The van der Waals surface area contributed by atoms with Crippen LogP contribution in [-0.2, 0) is 27.9 Å².